The van der Waals surface area contributed by atoms with Crippen molar-refractivity contribution < 1.29 is 14.0 Å². The first-order valence-corrected chi connectivity index (χ1v) is 13.0. The van der Waals surface area contributed by atoms with Gasteiger partial charge in [0.15, 0.2) is 0 Å². The maximum Gasteiger partial charge on any atom is 0.243 e. The highest BCUT2D eigenvalue weighted by molar-refractivity contribution is 7.99. The summed E-state index contributed by atoms with van der Waals surface area (Å²) in [6.45, 7) is 5.00. The minimum absolute atomic E-state index is 0.0957. The molecule has 0 saturated heterocycles. The summed E-state index contributed by atoms with van der Waals surface area (Å²) in [5.41, 5.74) is 2.93. The van der Waals surface area contributed by atoms with E-state index < -0.39 is 6.04 Å². The lowest BCUT2D eigenvalue weighted by Crippen LogP contribution is -2.51. The standard InChI is InChI=1S/C29H33FN2O2S/c1-22(2)18-31-29(34)27(17-23-9-5-3-6-10-23)32(19-24-11-7-4-8-12-24)28(33)21-35-20-25-13-15-26(30)16-14-25/h3-16,22,27H,17-21H2,1-2H3,(H,31,34). The summed E-state index contributed by atoms with van der Waals surface area (Å²) in [5.74, 6) is 0.610. The molecule has 0 radical (unpaired) electrons. The Balaban J connectivity index is 1.80. The Morgan fingerprint density at radius 1 is 0.857 bits per heavy atom. The zero-order chi connectivity index (χ0) is 25.0. The molecule has 1 unspecified atom stereocenters. The van der Waals surface area contributed by atoms with Gasteiger partial charge in [-0.25, -0.2) is 4.39 Å². The van der Waals surface area contributed by atoms with Gasteiger partial charge < -0.3 is 10.2 Å². The smallest absolute Gasteiger partial charge is 0.243 e. The van der Waals surface area contributed by atoms with Crippen molar-refractivity contribution in [3.63, 3.8) is 0 Å². The molecule has 0 saturated carbocycles. The fraction of sp³-hybridized carbons (Fsp3) is 0.310. The molecular formula is C29H33FN2O2S. The number of nitrogens with one attached hydrogen (secondary N) is 1. The SMILES string of the molecule is CC(C)CNC(=O)C(Cc1ccccc1)N(Cc1ccccc1)C(=O)CSCc1ccc(F)cc1. The molecule has 184 valence electrons. The Hall–Kier alpha value is -3.12. The molecule has 0 heterocycles. The Kier molecular flexibility index (Phi) is 10.4. The number of halogens is 1. The van der Waals surface area contributed by atoms with Crippen molar-refractivity contribution >= 4 is 23.6 Å². The third kappa shape index (κ3) is 8.87. The van der Waals surface area contributed by atoms with Crippen LogP contribution in [0.1, 0.15) is 30.5 Å². The molecule has 0 aliphatic carbocycles. The zero-order valence-corrected chi connectivity index (χ0v) is 21.1. The van der Waals surface area contributed by atoms with E-state index in [2.05, 4.69) is 5.32 Å². The number of nitrogens with zero attached hydrogens (tertiary/aromatic N) is 1. The lowest BCUT2D eigenvalue weighted by molar-refractivity contribution is -0.139. The summed E-state index contributed by atoms with van der Waals surface area (Å²) >= 11 is 1.47. The van der Waals surface area contributed by atoms with Crippen LogP contribution in [-0.4, -0.2) is 35.1 Å². The minimum Gasteiger partial charge on any atom is -0.354 e. The van der Waals surface area contributed by atoms with Crippen LogP contribution in [0.5, 0.6) is 0 Å². The van der Waals surface area contributed by atoms with E-state index in [0.29, 0.717) is 31.2 Å². The number of carbonyl (C=O) groups excluding carboxylic acids is 2. The van der Waals surface area contributed by atoms with E-state index in [1.165, 1.54) is 23.9 Å². The van der Waals surface area contributed by atoms with Crippen molar-refractivity contribution in [3.05, 3.63) is 107 Å². The van der Waals surface area contributed by atoms with Gasteiger partial charge in [-0.1, -0.05) is 86.6 Å². The molecule has 3 aromatic rings. The van der Waals surface area contributed by atoms with Crippen LogP contribution in [0, 0.1) is 11.7 Å². The zero-order valence-electron chi connectivity index (χ0n) is 20.3. The first-order chi connectivity index (χ1) is 16.9. The molecule has 3 aromatic carbocycles. The minimum atomic E-state index is -0.629. The number of hydrogen-bond donors (Lipinski definition) is 1. The first kappa shape index (κ1) is 26.5. The first-order valence-electron chi connectivity index (χ1n) is 11.9. The number of carbonyl (C=O) groups is 2. The Morgan fingerprint density at radius 3 is 2.06 bits per heavy atom. The number of thioether (sulfide) groups is 1. The Morgan fingerprint density at radius 2 is 1.46 bits per heavy atom. The topological polar surface area (TPSA) is 49.4 Å². The highest BCUT2D eigenvalue weighted by Crippen LogP contribution is 2.19. The maximum atomic E-state index is 13.5. The maximum absolute atomic E-state index is 13.5. The molecule has 6 heteroatoms. The highest BCUT2D eigenvalue weighted by Gasteiger charge is 2.30. The van der Waals surface area contributed by atoms with Gasteiger partial charge in [0.1, 0.15) is 11.9 Å². The van der Waals surface area contributed by atoms with Gasteiger partial charge in [-0.2, -0.15) is 0 Å². The van der Waals surface area contributed by atoms with Gasteiger partial charge in [-0.05, 0) is 34.7 Å². The van der Waals surface area contributed by atoms with Gasteiger partial charge in [0.25, 0.3) is 0 Å². The van der Waals surface area contributed by atoms with E-state index in [9.17, 15) is 14.0 Å². The van der Waals surface area contributed by atoms with Crippen molar-refractivity contribution in [2.45, 2.75) is 38.6 Å². The lowest BCUT2D eigenvalue weighted by atomic mass is 10.0. The number of hydrogen-bond acceptors (Lipinski definition) is 3. The predicted molar refractivity (Wildman–Crippen MR) is 141 cm³/mol. The van der Waals surface area contributed by atoms with Gasteiger partial charge in [0.2, 0.25) is 11.8 Å². The van der Waals surface area contributed by atoms with Gasteiger partial charge >= 0.3 is 0 Å². The summed E-state index contributed by atoms with van der Waals surface area (Å²) in [7, 11) is 0. The number of rotatable bonds is 12. The summed E-state index contributed by atoms with van der Waals surface area (Å²) in [6, 6.07) is 25.2. The molecule has 0 bridgehead atoms. The van der Waals surface area contributed by atoms with Crippen LogP contribution in [-0.2, 0) is 28.3 Å². The van der Waals surface area contributed by atoms with Crippen molar-refractivity contribution in [2.75, 3.05) is 12.3 Å². The van der Waals surface area contributed by atoms with E-state index in [-0.39, 0.29) is 23.4 Å². The average molecular weight is 493 g/mol. The summed E-state index contributed by atoms with van der Waals surface area (Å²) in [5, 5.41) is 3.04. The van der Waals surface area contributed by atoms with Gasteiger partial charge in [-0.15, -0.1) is 11.8 Å². The van der Waals surface area contributed by atoms with Gasteiger partial charge in [0, 0.05) is 25.3 Å². The molecule has 0 fully saturated rings. The molecule has 2 amide bonds. The van der Waals surface area contributed by atoms with Crippen LogP contribution in [0.3, 0.4) is 0 Å². The van der Waals surface area contributed by atoms with E-state index >= 15 is 0 Å². The molecule has 0 aliphatic heterocycles. The van der Waals surface area contributed by atoms with Gasteiger partial charge in [0.05, 0.1) is 5.75 Å². The fourth-order valence-electron chi connectivity index (χ4n) is 3.68. The van der Waals surface area contributed by atoms with Crippen molar-refractivity contribution in [3.8, 4) is 0 Å². The van der Waals surface area contributed by atoms with Gasteiger partial charge in [-0.3, -0.25) is 9.59 Å². The highest BCUT2D eigenvalue weighted by atomic mass is 32.2. The van der Waals surface area contributed by atoms with E-state index in [4.69, 9.17) is 0 Å². The van der Waals surface area contributed by atoms with Crippen LogP contribution in [0.15, 0.2) is 84.9 Å². The van der Waals surface area contributed by atoms with Crippen molar-refractivity contribution in [2.24, 2.45) is 5.92 Å². The molecule has 3 rings (SSSR count). The van der Waals surface area contributed by atoms with E-state index in [0.717, 1.165) is 16.7 Å². The van der Waals surface area contributed by atoms with Crippen LogP contribution >= 0.6 is 11.8 Å². The molecule has 1 atom stereocenters. The lowest BCUT2D eigenvalue weighted by Gasteiger charge is -2.31. The largest absolute Gasteiger partial charge is 0.354 e. The monoisotopic (exact) mass is 492 g/mol. The molecular weight excluding hydrogens is 459 g/mol. The predicted octanol–water partition coefficient (Wildman–Crippen LogP) is 5.47. The molecule has 0 aromatic heterocycles. The summed E-state index contributed by atoms with van der Waals surface area (Å²) in [6.07, 6.45) is 0.436. The fourth-order valence-corrected chi connectivity index (χ4v) is 4.55. The number of benzene rings is 3. The van der Waals surface area contributed by atoms with Crippen molar-refractivity contribution in [1.29, 1.82) is 0 Å². The summed E-state index contributed by atoms with van der Waals surface area (Å²) in [4.78, 5) is 28.6. The third-order valence-electron chi connectivity index (χ3n) is 5.56. The number of amides is 2. The quantitative estimate of drug-likeness (QED) is 0.365. The van der Waals surface area contributed by atoms with E-state index in [1.807, 2.05) is 74.5 Å². The van der Waals surface area contributed by atoms with Crippen LogP contribution in [0.25, 0.3) is 0 Å². The second kappa shape index (κ2) is 13.7. The Labute approximate surface area is 211 Å². The molecule has 1 N–H and O–H groups in total. The normalized spacial score (nSPS) is 11.8. The van der Waals surface area contributed by atoms with Crippen LogP contribution in [0.2, 0.25) is 0 Å². The molecule has 0 aliphatic rings. The second-order valence-electron chi connectivity index (χ2n) is 8.97. The third-order valence-corrected chi connectivity index (χ3v) is 6.55. The second-order valence-corrected chi connectivity index (χ2v) is 9.96. The van der Waals surface area contributed by atoms with Crippen LogP contribution in [0.4, 0.5) is 4.39 Å². The van der Waals surface area contributed by atoms with Crippen molar-refractivity contribution in [1.82, 2.24) is 10.2 Å². The Bertz CT molecular complexity index is 1060. The molecule has 35 heavy (non-hydrogen) atoms. The van der Waals surface area contributed by atoms with E-state index in [1.54, 1.807) is 17.0 Å². The molecule has 0 spiro atoms. The average Bonchev–Trinajstić information content (AvgIpc) is 2.87. The summed E-state index contributed by atoms with van der Waals surface area (Å²) < 4.78 is 13.2. The van der Waals surface area contributed by atoms with Crippen LogP contribution < -0.4 is 5.32 Å². The molecule has 4 nitrogen and oxygen atoms in total.